The molecule has 4 heteroatoms. The normalized spacial score (nSPS) is 10.5. The van der Waals surface area contributed by atoms with E-state index in [0.717, 1.165) is 25.7 Å². The van der Waals surface area contributed by atoms with Crippen molar-refractivity contribution in [1.82, 2.24) is 0 Å². The van der Waals surface area contributed by atoms with Gasteiger partial charge in [-0.1, -0.05) is 26.7 Å². The average molecular weight is 249 g/mol. The number of hydrogen-bond acceptors (Lipinski definition) is 3. The van der Waals surface area contributed by atoms with Crippen molar-refractivity contribution in [3.8, 4) is 0 Å². The van der Waals surface area contributed by atoms with Gasteiger partial charge < -0.3 is 4.74 Å². The molecule has 16 heavy (non-hydrogen) atoms. The molecule has 0 aliphatic rings. The minimum Gasteiger partial charge on any atom is -0.462 e. The van der Waals surface area contributed by atoms with Crippen molar-refractivity contribution in [2.24, 2.45) is 0 Å². The van der Waals surface area contributed by atoms with Gasteiger partial charge in [-0.2, -0.15) is 0 Å². The molecule has 0 aliphatic carbocycles. The second-order valence-corrected chi connectivity index (χ2v) is 4.32. The Morgan fingerprint density at radius 2 is 1.69 bits per heavy atom. The maximum absolute atomic E-state index is 11.4. The Labute approximate surface area is 102 Å². The highest BCUT2D eigenvalue weighted by atomic mass is 35.5. The summed E-state index contributed by atoms with van der Waals surface area (Å²) >= 11 is 5.18. The van der Waals surface area contributed by atoms with Crippen molar-refractivity contribution in [2.45, 2.75) is 64.9 Å². The molecule has 0 saturated heterocycles. The number of ether oxygens (including phenoxy) is 1. The van der Waals surface area contributed by atoms with Gasteiger partial charge in [0.25, 0.3) is 0 Å². The summed E-state index contributed by atoms with van der Waals surface area (Å²) in [7, 11) is 0. The maximum Gasteiger partial charge on any atom is 0.306 e. The van der Waals surface area contributed by atoms with Crippen LogP contribution < -0.4 is 0 Å². The molecule has 0 atom stereocenters. The monoisotopic (exact) mass is 248 g/mol. The summed E-state index contributed by atoms with van der Waals surface area (Å²) < 4.78 is 5.32. The van der Waals surface area contributed by atoms with Crippen LogP contribution in [0.2, 0.25) is 0 Å². The summed E-state index contributed by atoms with van der Waals surface area (Å²) in [5.74, 6) is -0.218. The number of rotatable bonds is 9. The molecule has 0 saturated carbocycles. The molecule has 0 amide bonds. The van der Waals surface area contributed by atoms with Crippen LogP contribution in [-0.2, 0) is 14.3 Å². The van der Waals surface area contributed by atoms with E-state index in [2.05, 4.69) is 13.8 Å². The van der Waals surface area contributed by atoms with E-state index in [9.17, 15) is 9.59 Å². The van der Waals surface area contributed by atoms with E-state index >= 15 is 0 Å². The summed E-state index contributed by atoms with van der Waals surface area (Å²) in [4.78, 5) is 21.9. The zero-order chi connectivity index (χ0) is 12.4. The highest BCUT2D eigenvalue weighted by Gasteiger charge is 2.12. The lowest BCUT2D eigenvalue weighted by molar-refractivity contribution is -0.149. The second kappa shape index (κ2) is 9.64. The number of hydrogen-bond donors (Lipinski definition) is 0. The first-order valence-electron chi connectivity index (χ1n) is 5.97. The first kappa shape index (κ1) is 15.4. The van der Waals surface area contributed by atoms with Gasteiger partial charge in [0, 0.05) is 12.8 Å². The Bertz CT molecular complexity index is 210. The largest absolute Gasteiger partial charge is 0.462 e. The average Bonchev–Trinajstić information content (AvgIpc) is 2.17. The van der Waals surface area contributed by atoms with Crippen molar-refractivity contribution >= 4 is 22.8 Å². The van der Waals surface area contributed by atoms with Crippen molar-refractivity contribution in [3.63, 3.8) is 0 Å². The van der Waals surface area contributed by atoms with E-state index in [-0.39, 0.29) is 24.9 Å². The van der Waals surface area contributed by atoms with E-state index in [1.165, 1.54) is 0 Å². The molecule has 0 fully saturated rings. The molecule has 0 aromatic rings. The van der Waals surface area contributed by atoms with Crippen molar-refractivity contribution in [1.29, 1.82) is 0 Å². The third-order valence-electron chi connectivity index (χ3n) is 2.27. The molecule has 0 heterocycles. The van der Waals surface area contributed by atoms with Crippen LogP contribution in [0.1, 0.15) is 58.8 Å². The molecule has 0 aliphatic heterocycles. The maximum atomic E-state index is 11.4. The highest BCUT2D eigenvalue weighted by Crippen LogP contribution is 2.11. The summed E-state index contributed by atoms with van der Waals surface area (Å²) in [5.41, 5.74) is 0. The summed E-state index contributed by atoms with van der Waals surface area (Å²) in [6.45, 7) is 4.14. The van der Waals surface area contributed by atoms with Gasteiger partial charge in [0.2, 0.25) is 5.24 Å². The van der Waals surface area contributed by atoms with Crippen LogP contribution in [0.3, 0.4) is 0 Å². The van der Waals surface area contributed by atoms with E-state index in [4.69, 9.17) is 16.3 Å². The van der Waals surface area contributed by atoms with Gasteiger partial charge in [0.15, 0.2) is 0 Å². The van der Waals surface area contributed by atoms with Gasteiger partial charge in [0.05, 0.1) is 0 Å². The summed E-state index contributed by atoms with van der Waals surface area (Å²) in [5, 5.41) is -0.397. The smallest absolute Gasteiger partial charge is 0.306 e. The molecule has 0 bridgehead atoms. The van der Waals surface area contributed by atoms with E-state index < -0.39 is 5.24 Å². The van der Waals surface area contributed by atoms with Crippen LogP contribution >= 0.6 is 11.6 Å². The molecule has 0 spiro atoms. The van der Waals surface area contributed by atoms with Gasteiger partial charge in [-0.3, -0.25) is 9.59 Å². The third kappa shape index (κ3) is 8.72. The topological polar surface area (TPSA) is 43.4 Å². The molecule has 94 valence electrons. The molecule has 0 aromatic heterocycles. The summed E-state index contributed by atoms with van der Waals surface area (Å²) in [6.07, 6.45) is 4.88. The van der Waals surface area contributed by atoms with Crippen LogP contribution in [0.15, 0.2) is 0 Å². The van der Waals surface area contributed by atoms with E-state index in [0.29, 0.717) is 6.42 Å². The fourth-order valence-corrected chi connectivity index (χ4v) is 1.66. The number of carbonyl (C=O) groups excluding carboxylic acids is 2. The van der Waals surface area contributed by atoms with Gasteiger partial charge in [-0.05, 0) is 30.9 Å². The number of carbonyl (C=O) groups is 2. The molecular weight excluding hydrogens is 228 g/mol. The van der Waals surface area contributed by atoms with Gasteiger partial charge in [-0.15, -0.1) is 0 Å². The fourth-order valence-electron chi connectivity index (χ4n) is 1.52. The molecule has 0 N–H and O–H groups in total. The molecule has 0 rings (SSSR count). The zero-order valence-electron chi connectivity index (χ0n) is 10.1. The Morgan fingerprint density at radius 1 is 1.12 bits per heavy atom. The Hall–Kier alpha value is -0.570. The zero-order valence-corrected chi connectivity index (χ0v) is 10.9. The molecular formula is C12H21ClO3. The lowest BCUT2D eigenvalue weighted by atomic mass is 10.1. The van der Waals surface area contributed by atoms with Crippen LogP contribution in [0.25, 0.3) is 0 Å². The van der Waals surface area contributed by atoms with Crippen LogP contribution in [0, 0.1) is 0 Å². The van der Waals surface area contributed by atoms with Crippen LogP contribution in [0.4, 0.5) is 0 Å². The van der Waals surface area contributed by atoms with Gasteiger partial charge in [-0.25, -0.2) is 0 Å². The minimum absolute atomic E-state index is 0.0363. The first-order valence-corrected chi connectivity index (χ1v) is 6.35. The van der Waals surface area contributed by atoms with E-state index in [1.807, 2.05) is 0 Å². The lowest BCUT2D eigenvalue weighted by Crippen LogP contribution is -2.17. The summed E-state index contributed by atoms with van der Waals surface area (Å²) in [6, 6.07) is 0. The molecule has 0 aromatic carbocycles. The number of esters is 1. The second-order valence-electron chi connectivity index (χ2n) is 3.90. The fraction of sp³-hybridized carbons (Fsp3) is 0.833. The Morgan fingerprint density at radius 3 is 2.12 bits per heavy atom. The Balaban J connectivity index is 3.76. The molecule has 0 unspecified atom stereocenters. The predicted octanol–water partition coefficient (Wildman–Crippen LogP) is 3.43. The van der Waals surface area contributed by atoms with Crippen molar-refractivity contribution in [2.75, 3.05) is 0 Å². The number of halogens is 1. The predicted molar refractivity (Wildman–Crippen MR) is 64.4 cm³/mol. The first-order chi connectivity index (χ1) is 7.60. The SMILES string of the molecule is CCCC(CCC)OC(=O)CCCC(=O)Cl. The lowest BCUT2D eigenvalue weighted by Gasteiger charge is -2.16. The highest BCUT2D eigenvalue weighted by molar-refractivity contribution is 6.63. The van der Waals surface area contributed by atoms with Gasteiger partial charge in [0.1, 0.15) is 6.10 Å². The van der Waals surface area contributed by atoms with Crippen molar-refractivity contribution < 1.29 is 14.3 Å². The standard InChI is InChI=1S/C12H21ClO3/c1-3-6-10(7-4-2)16-12(15)9-5-8-11(13)14/h10H,3-9H2,1-2H3. The van der Waals surface area contributed by atoms with Crippen molar-refractivity contribution in [3.05, 3.63) is 0 Å². The quantitative estimate of drug-likeness (QED) is 0.464. The molecule has 0 radical (unpaired) electrons. The van der Waals surface area contributed by atoms with Crippen LogP contribution in [0.5, 0.6) is 0 Å². The third-order valence-corrected chi connectivity index (χ3v) is 2.46. The van der Waals surface area contributed by atoms with Crippen LogP contribution in [-0.4, -0.2) is 17.3 Å². The minimum atomic E-state index is -0.397. The Kier molecular flexibility index (Phi) is 9.30. The van der Waals surface area contributed by atoms with Gasteiger partial charge >= 0.3 is 5.97 Å². The molecule has 3 nitrogen and oxygen atoms in total. The van der Waals surface area contributed by atoms with E-state index in [1.54, 1.807) is 0 Å².